The van der Waals surface area contributed by atoms with Gasteiger partial charge in [0.25, 0.3) is 0 Å². The van der Waals surface area contributed by atoms with E-state index in [1.165, 1.54) is 12.3 Å². The van der Waals surface area contributed by atoms with E-state index in [-0.39, 0.29) is 5.88 Å². The molecular weight excluding hydrogens is 248 g/mol. The Morgan fingerprint density at radius 2 is 2.00 bits per heavy atom. The summed E-state index contributed by atoms with van der Waals surface area (Å²) in [4.78, 5) is 11.3. The number of H-pyrrole nitrogens is 1. The normalized spacial score (nSPS) is 17.8. The zero-order valence-electron chi connectivity index (χ0n) is 9.17. The van der Waals surface area contributed by atoms with Gasteiger partial charge < -0.3 is 30.3 Å². The summed E-state index contributed by atoms with van der Waals surface area (Å²) >= 11 is 0. The van der Waals surface area contributed by atoms with Crippen LogP contribution in [0.25, 0.3) is 0 Å². The quantitative estimate of drug-likeness (QED) is 0.292. The number of esters is 1. The van der Waals surface area contributed by atoms with Crippen molar-refractivity contribution in [2.24, 2.45) is 0 Å². The Morgan fingerprint density at radius 1 is 1.33 bits per heavy atom. The molecule has 0 aliphatic rings. The second-order valence-corrected chi connectivity index (χ2v) is 3.52. The second-order valence-electron chi connectivity index (χ2n) is 3.52. The molecule has 0 spiro atoms. The fourth-order valence-electron chi connectivity index (χ4n) is 1.13. The van der Waals surface area contributed by atoms with Gasteiger partial charge in [-0.25, -0.2) is 9.89 Å². The van der Waals surface area contributed by atoms with Gasteiger partial charge >= 0.3 is 5.97 Å². The number of carbonyl (C=O) groups excluding carboxylic acids is 1. The molecule has 0 radical (unpaired) electrons. The SMILES string of the molecule is O=C(Oc1ccn[nH]1)[C@H](O)[C@@H](O)[C@H](O)[C@H](O)CO. The highest BCUT2D eigenvalue weighted by Crippen LogP contribution is 2.09. The van der Waals surface area contributed by atoms with E-state index in [9.17, 15) is 20.1 Å². The fraction of sp³-hybridized carbons (Fsp3) is 0.556. The van der Waals surface area contributed by atoms with Crippen LogP contribution in [0.2, 0.25) is 0 Å². The van der Waals surface area contributed by atoms with E-state index in [1.807, 2.05) is 0 Å². The van der Waals surface area contributed by atoms with E-state index < -0.39 is 37.0 Å². The topological polar surface area (TPSA) is 156 Å². The average molecular weight is 262 g/mol. The van der Waals surface area contributed by atoms with Crippen molar-refractivity contribution >= 4 is 5.97 Å². The molecule has 0 saturated carbocycles. The van der Waals surface area contributed by atoms with Crippen molar-refractivity contribution in [3.63, 3.8) is 0 Å². The average Bonchev–Trinajstić information content (AvgIpc) is 2.87. The molecule has 9 nitrogen and oxygen atoms in total. The third kappa shape index (κ3) is 3.48. The summed E-state index contributed by atoms with van der Waals surface area (Å²) in [5.41, 5.74) is 0. The Bertz CT molecular complexity index is 369. The van der Waals surface area contributed by atoms with Crippen molar-refractivity contribution in [2.75, 3.05) is 6.61 Å². The van der Waals surface area contributed by atoms with E-state index in [0.29, 0.717) is 0 Å². The van der Waals surface area contributed by atoms with Crippen molar-refractivity contribution < 1.29 is 35.1 Å². The van der Waals surface area contributed by atoms with E-state index in [1.54, 1.807) is 0 Å². The zero-order chi connectivity index (χ0) is 13.7. The Kier molecular flexibility index (Phi) is 5.19. The van der Waals surface area contributed by atoms with Crippen LogP contribution in [0.3, 0.4) is 0 Å². The Hall–Kier alpha value is -1.52. The van der Waals surface area contributed by atoms with Gasteiger partial charge in [0.2, 0.25) is 5.88 Å². The maximum absolute atomic E-state index is 11.3. The zero-order valence-corrected chi connectivity index (χ0v) is 9.17. The predicted molar refractivity (Wildman–Crippen MR) is 55.3 cm³/mol. The molecule has 1 aromatic heterocycles. The fourth-order valence-corrected chi connectivity index (χ4v) is 1.13. The van der Waals surface area contributed by atoms with Crippen LogP contribution in [0, 0.1) is 0 Å². The minimum absolute atomic E-state index is 0.0524. The van der Waals surface area contributed by atoms with Gasteiger partial charge in [0.05, 0.1) is 12.8 Å². The first-order valence-corrected chi connectivity index (χ1v) is 5.01. The van der Waals surface area contributed by atoms with Crippen molar-refractivity contribution in [3.05, 3.63) is 12.3 Å². The van der Waals surface area contributed by atoms with Crippen LogP contribution >= 0.6 is 0 Å². The summed E-state index contributed by atoms with van der Waals surface area (Å²) in [6, 6.07) is 1.30. The molecule has 9 heteroatoms. The molecule has 1 heterocycles. The van der Waals surface area contributed by atoms with Crippen molar-refractivity contribution in [1.29, 1.82) is 0 Å². The number of aliphatic hydroxyl groups is 5. The molecule has 0 saturated heterocycles. The third-order valence-corrected chi connectivity index (χ3v) is 2.18. The van der Waals surface area contributed by atoms with Gasteiger partial charge in [0.1, 0.15) is 18.3 Å². The van der Waals surface area contributed by atoms with Gasteiger partial charge in [-0.05, 0) is 0 Å². The van der Waals surface area contributed by atoms with E-state index in [0.717, 1.165) is 0 Å². The number of rotatable bonds is 6. The molecule has 4 atom stereocenters. The number of nitrogens with zero attached hydrogens (tertiary/aromatic N) is 1. The first kappa shape index (κ1) is 14.5. The maximum Gasteiger partial charge on any atom is 0.344 e. The molecule has 102 valence electrons. The van der Waals surface area contributed by atoms with E-state index >= 15 is 0 Å². The molecule has 1 rings (SSSR count). The maximum atomic E-state index is 11.3. The number of nitrogens with one attached hydrogen (secondary N) is 1. The third-order valence-electron chi connectivity index (χ3n) is 2.18. The standard InChI is InChI=1S/C9H14N2O7/c12-3-4(13)6(14)7(15)8(16)9(17)18-5-1-2-10-11-5/h1-2,4,6-8,12-16H,3H2,(H,10,11)/t4-,6-,7+,8-/m1/s1. The highest BCUT2D eigenvalue weighted by atomic mass is 16.6. The minimum atomic E-state index is -2.08. The highest BCUT2D eigenvalue weighted by molar-refractivity contribution is 5.77. The molecule has 1 aromatic rings. The molecule has 0 unspecified atom stereocenters. The number of ether oxygens (including phenoxy) is 1. The molecule has 0 fully saturated rings. The molecule has 18 heavy (non-hydrogen) atoms. The van der Waals surface area contributed by atoms with Gasteiger partial charge in [-0.2, -0.15) is 5.10 Å². The Balaban J connectivity index is 2.57. The number of carbonyl (C=O) groups is 1. The largest absolute Gasteiger partial charge is 0.406 e. The van der Waals surface area contributed by atoms with Gasteiger partial charge in [0.15, 0.2) is 6.10 Å². The van der Waals surface area contributed by atoms with Crippen LogP contribution in [0.15, 0.2) is 12.3 Å². The second kappa shape index (κ2) is 6.42. The summed E-state index contributed by atoms with van der Waals surface area (Å²) in [6.45, 7) is -0.833. The van der Waals surface area contributed by atoms with Crippen LogP contribution in [0.1, 0.15) is 0 Å². The smallest absolute Gasteiger partial charge is 0.344 e. The molecule has 0 aliphatic carbocycles. The van der Waals surface area contributed by atoms with Crippen LogP contribution in [-0.2, 0) is 4.79 Å². The molecule has 0 aromatic carbocycles. The van der Waals surface area contributed by atoms with E-state index in [4.69, 9.17) is 10.2 Å². The predicted octanol–water partition coefficient (Wildman–Crippen LogP) is -3.25. The number of hydrogen-bond acceptors (Lipinski definition) is 8. The first-order chi connectivity index (χ1) is 8.47. The molecular formula is C9H14N2O7. The van der Waals surface area contributed by atoms with Crippen LogP contribution in [0.5, 0.6) is 5.88 Å². The lowest BCUT2D eigenvalue weighted by molar-refractivity contribution is -0.161. The summed E-state index contributed by atoms with van der Waals surface area (Å²) in [7, 11) is 0. The van der Waals surface area contributed by atoms with Gasteiger partial charge in [-0.1, -0.05) is 0 Å². The van der Waals surface area contributed by atoms with Gasteiger partial charge in [-0.3, -0.25) is 0 Å². The van der Waals surface area contributed by atoms with Gasteiger partial charge in [0, 0.05) is 6.07 Å². The Labute approximate surface area is 101 Å². The first-order valence-electron chi connectivity index (χ1n) is 5.01. The number of aromatic amines is 1. The van der Waals surface area contributed by atoms with E-state index in [2.05, 4.69) is 14.9 Å². The molecule has 6 N–H and O–H groups in total. The summed E-state index contributed by atoms with van der Waals surface area (Å²) in [5, 5.41) is 51.4. The Morgan fingerprint density at radius 3 is 2.50 bits per heavy atom. The van der Waals surface area contributed by atoms with Crippen LogP contribution in [-0.4, -0.2) is 72.7 Å². The number of aromatic nitrogens is 2. The summed E-state index contributed by atoms with van der Waals surface area (Å²) in [6.07, 6.45) is -6.35. The van der Waals surface area contributed by atoms with Crippen molar-refractivity contribution in [3.8, 4) is 5.88 Å². The monoisotopic (exact) mass is 262 g/mol. The van der Waals surface area contributed by atoms with Crippen LogP contribution in [0.4, 0.5) is 0 Å². The lowest BCUT2D eigenvalue weighted by Gasteiger charge is -2.24. The number of aliphatic hydroxyl groups excluding tert-OH is 5. The molecule has 0 amide bonds. The lowest BCUT2D eigenvalue weighted by Crippen LogP contribution is -2.49. The minimum Gasteiger partial charge on any atom is -0.406 e. The molecule has 0 aliphatic heterocycles. The number of hydrogen-bond donors (Lipinski definition) is 6. The van der Waals surface area contributed by atoms with Gasteiger partial charge in [-0.15, -0.1) is 0 Å². The van der Waals surface area contributed by atoms with Crippen molar-refractivity contribution in [1.82, 2.24) is 10.2 Å². The highest BCUT2D eigenvalue weighted by Gasteiger charge is 2.35. The van der Waals surface area contributed by atoms with Crippen molar-refractivity contribution in [2.45, 2.75) is 24.4 Å². The lowest BCUT2D eigenvalue weighted by atomic mass is 10.0. The summed E-state index contributed by atoms with van der Waals surface area (Å²) < 4.78 is 4.58. The molecule has 0 bridgehead atoms. The summed E-state index contributed by atoms with van der Waals surface area (Å²) in [5.74, 6) is -1.29. The van der Waals surface area contributed by atoms with Crippen LogP contribution < -0.4 is 4.74 Å².